The molecule has 13 heavy (non-hydrogen) atoms. The molecule has 0 heterocycles. The highest BCUT2D eigenvalue weighted by atomic mass is 35.5. The first-order valence-electron chi connectivity index (χ1n) is 4.17. The van der Waals surface area contributed by atoms with E-state index in [2.05, 4.69) is 0 Å². The van der Waals surface area contributed by atoms with Crippen LogP contribution < -0.4 is 0 Å². The normalized spacial score (nSPS) is 20.3. The zero-order valence-electron chi connectivity index (χ0n) is 7.25. The minimum absolute atomic E-state index is 0.121. The van der Waals surface area contributed by atoms with Crippen molar-refractivity contribution in [1.29, 1.82) is 0 Å². The number of carbonyl (C=O) groups excluding carboxylic acids is 1. The average Bonchev–Trinajstić information content (AvgIpc) is 2.79. The molecule has 1 aliphatic carbocycles. The Morgan fingerprint density at radius 1 is 1.31 bits per heavy atom. The lowest BCUT2D eigenvalue weighted by molar-refractivity contribution is -0.112. The summed E-state index contributed by atoms with van der Waals surface area (Å²) in [6.07, 6.45) is 0. The van der Waals surface area contributed by atoms with Crippen LogP contribution in [-0.4, -0.2) is 5.24 Å². The summed E-state index contributed by atoms with van der Waals surface area (Å²) in [5, 5.41) is -0.267. The highest BCUT2D eigenvalue weighted by Gasteiger charge is 2.38. The summed E-state index contributed by atoms with van der Waals surface area (Å²) < 4.78 is 0. The minimum Gasteiger partial charge on any atom is -0.280 e. The third-order valence-electron chi connectivity index (χ3n) is 2.37. The SMILES string of the molecule is CC1=C(c2ccccc2)C1C(=O)Cl. The minimum atomic E-state index is -0.267. The van der Waals surface area contributed by atoms with Gasteiger partial charge in [0.05, 0.1) is 5.92 Å². The van der Waals surface area contributed by atoms with Crippen LogP contribution >= 0.6 is 11.6 Å². The summed E-state index contributed by atoms with van der Waals surface area (Å²) >= 11 is 5.43. The van der Waals surface area contributed by atoms with Gasteiger partial charge in [-0.1, -0.05) is 35.9 Å². The van der Waals surface area contributed by atoms with Gasteiger partial charge in [0.15, 0.2) is 0 Å². The van der Waals surface area contributed by atoms with E-state index in [1.54, 1.807) is 0 Å². The smallest absolute Gasteiger partial charge is 0.233 e. The van der Waals surface area contributed by atoms with Crippen molar-refractivity contribution in [3.8, 4) is 0 Å². The van der Waals surface area contributed by atoms with E-state index in [0.29, 0.717) is 0 Å². The Bertz CT molecular complexity index is 378. The zero-order chi connectivity index (χ0) is 9.42. The van der Waals surface area contributed by atoms with Crippen LogP contribution in [0, 0.1) is 5.92 Å². The van der Waals surface area contributed by atoms with Crippen LogP contribution in [-0.2, 0) is 4.79 Å². The van der Waals surface area contributed by atoms with Crippen molar-refractivity contribution >= 4 is 22.4 Å². The molecule has 0 saturated carbocycles. The maximum absolute atomic E-state index is 10.9. The van der Waals surface area contributed by atoms with Crippen molar-refractivity contribution in [2.45, 2.75) is 6.92 Å². The quantitative estimate of drug-likeness (QED) is 0.659. The molecule has 1 aliphatic rings. The molecule has 1 aromatic rings. The highest BCUT2D eigenvalue weighted by molar-refractivity contribution is 6.66. The first-order chi connectivity index (χ1) is 6.22. The number of benzene rings is 1. The van der Waals surface area contributed by atoms with Gasteiger partial charge in [-0.3, -0.25) is 4.79 Å². The Morgan fingerprint density at radius 2 is 1.92 bits per heavy atom. The van der Waals surface area contributed by atoms with Crippen LogP contribution in [0.1, 0.15) is 12.5 Å². The van der Waals surface area contributed by atoms with Crippen molar-refractivity contribution in [1.82, 2.24) is 0 Å². The lowest BCUT2D eigenvalue weighted by Crippen LogP contribution is -1.93. The Labute approximate surface area is 82.0 Å². The molecule has 0 fully saturated rings. The molecule has 0 aromatic heterocycles. The number of hydrogen-bond acceptors (Lipinski definition) is 1. The second kappa shape index (κ2) is 3.00. The molecule has 0 bridgehead atoms. The monoisotopic (exact) mass is 192 g/mol. The number of halogens is 1. The third kappa shape index (κ3) is 1.40. The molecule has 1 unspecified atom stereocenters. The molecule has 1 atom stereocenters. The molecule has 2 heteroatoms. The second-order valence-corrected chi connectivity index (χ2v) is 3.57. The van der Waals surface area contributed by atoms with Gasteiger partial charge >= 0.3 is 0 Å². The first kappa shape index (κ1) is 8.52. The fourth-order valence-corrected chi connectivity index (χ4v) is 1.90. The van der Waals surface area contributed by atoms with Crippen LogP contribution in [0.15, 0.2) is 35.9 Å². The van der Waals surface area contributed by atoms with Gasteiger partial charge < -0.3 is 0 Å². The standard InChI is InChI=1S/C11H9ClO/c1-7-9(10(7)11(12)13)8-5-3-2-4-6-8/h2-6,10H,1H3. The van der Waals surface area contributed by atoms with E-state index in [-0.39, 0.29) is 11.2 Å². The van der Waals surface area contributed by atoms with Gasteiger partial charge in [0.25, 0.3) is 0 Å². The largest absolute Gasteiger partial charge is 0.280 e. The molecular weight excluding hydrogens is 184 g/mol. The van der Waals surface area contributed by atoms with Crippen LogP contribution in [0.4, 0.5) is 0 Å². The molecule has 0 N–H and O–H groups in total. The van der Waals surface area contributed by atoms with Crippen molar-refractivity contribution in [3.05, 3.63) is 41.5 Å². The molecule has 1 nitrogen and oxygen atoms in total. The molecule has 1 aromatic carbocycles. The van der Waals surface area contributed by atoms with Crippen LogP contribution in [0.25, 0.3) is 5.57 Å². The molecule has 2 rings (SSSR count). The highest BCUT2D eigenvalue weighted by Crippen LogP contribution is 2.47. The van der Waals surface area contributed by atoms with E-state index in [0.717, 1.165) is 16.7 Å². The number of hydrogen-bond donors (Lipinski definition) is 0. The van der Waals surface area contributed by atoms with Crippen molar-refractivity contribution < 1.29 is 4.79 Å². The average molecular weight is 193 g/mol. The summed E-state index contributed by atoms with van der Waals surface area (Å²) in [4.78, 5) is 10.9. The van der Waals surface area contributed by atoms with E-state index < -0.39 is 0 Å². The molecule has 66 valence electrons. The Hall–Kier alpha value is -1.08. The van der Waals surface area contributed by atoms with Crippen molar-refractivity contribution in [3.63, 3.8) is 0 Å². The van der Waals surface area contributed by atoms with Crippen molar-refractivity contribution in [2.24, 2.45) is 5.92 Å². The Kier molecular flexibility index (Phi) is 1.97. The summed E-state index contributed by atoms with van der Waals surface area (Å²) in [6.45, 7) is 1.95. The maximum Gasteiger partial charge on any atom is 0.233 e. The van der Waals surface area contributed by atoms with E-state index in [4.69, 9.17) is 11.6 Å². The number of allylic oxidation sites excluding steroid dienone is 2. The molecule has 0 amide bonds. The van der Waals surface area contributed by atoms with Gasteiger partial charge in [-0.05, 0) is 29.7 Å². The topological polar surface area (TPSA) is 17.1 Å². The number of carbonyl (C=O) groups is 1. The van der Waals surface area contributed by atoms with E-state index in [1.165, 1.54) is 0 Å². The molecule has 0 saturated heterocycles. The molecular formula is C11H9ClO. The summed E-state index contributed by atoms with van der Waals surface area (Å²) in [5.41, 5.74) is 3.31. The maximum atomic E-state index is 10.9. The van der Waals surface area contributed by atoms with Gasteiger partial charge in [0, 0.05) is 0 Å². The predicted octanol–water partition coefficient (Wildman–Crippen LogP) is 2.86. The predicted molar refractivity (Wildman–Crippen MR) is 53.4 cm³/mol. The van der Waals surface area contributed by atoms with Gasteiger partial charge in [-0.2, -0.15) is 0 Å². The first-order valence-corrected chi connectivity index (χ1v) is 4.55. The zero-order valence-corrected chi connectivity index (χ0v) is 8.01. The van der Waals surface area contributed by atoms with E-state index in [1.807, 2.05) is 37.3 Å². The van der Waals surface area contributed by atoms with Crippen molar-refractivity contribution in [2.75, 3.05) is 0 Å². The van der Waals surface area contributed by atoms with Gasteiger partial charge in [0.2, 0.25) is 5.24 Å². The van der Waals surface area contributed by atoms with E-state index in [9.17, 15) is 4.79 Å². The number of rotatable bonds is 2. The Balaban J connectivity index is 2.27. The second-order valence-electron chi connectivity index (χ2n) is 3.20. The summed E-state index contributed by atoms with van der Waals surface area (Å²) in [5.74, 6) is -0.121. The third-order valence-corrected chi connectivity index (χ3v) is 2.59. The molecule has 0 spiro atoms. The fourth-order valence-electron chi connectivity index (χ4n) is 1.63. The fraction of sp³-hybridized carbons (Fsp3) is 0.182. The van der Waals surface area contributed by atoms with Crippen LogP contribution in [0.5, 0.6) is 0 Å². The van der Waals surface area contributed by atoms with Gasteiger partial charge in [-0.15, -0.1) is 0 Å². The van der Waals surface area contributed by atoms with Crippen LogP contribution in [0.3, 0.4) is 0 Å². The molecule has 0 radical (unpaired) electrons. The van der Waals surface area contributed by atoms with Crippen LogP contribution in [0.2, 0.25) is 0 Å². The summed E-state index contributed by atoms with van der Waals surface area (Å²) in [7, 11) is 0. The Morgan fingerprint density at radius 3 is 2.38 bits per heavy atom. The van der Waals surface area contributed by atoms with E-state index >= 15 is 0 Å². The lowest BCUT2D eigenvalue weighted by atomic mass is 10.1. The lowest BCUT2D eigenvalue weighted by Gasteiger charge is -1.94. The van der Waals surface area contributed by atoms with Gasteiger partial charge in [-0.25, -0.2) is 0 Å². The van der Waals surface area contributed by atoms with Gasteiger partial charge in [0.1, 0.15) is 0 Å². The molecule has 0 aliphatic heterocycles. The summed E-state index contributed by atoms with van der Waals surface area (Å²) in [6, 6.07) is 9.88.